The standard InChI is InChI=1S/C8H12N2O3/c1-3-5-7(11)9-6(4-13-2)10-8(5)12/h3-4H2,1-2H3,(H2,9,10,11,12). The topological polar surface area (TPSA) is 75.2 Å². The summed E-state index contributed by atoms with van der Waals surface area (Å²) in [5, 5.41) is 9.31. The van der Waals surface area contributed by atoms with Crippen LogP contribution in [0.4, 0.5) is 0 Å². The largest absolute Gasteiger partial charge is 0.493 e. The van der Waals surface area contributed by atoms with Crippen LogP contribution in [-0.2, 0) is 17.8 Å². The van der Waals surface area contributed by atoms with E-state index in [9.17, 15) is 9.90 Å². The van der Waals surface area contributed by atoms with E-state index in [4.69, 9.17) is 4.74 Å². The van der Waals surface area contributed by atoms with Gasteiger partial charge in [0.1, 0.15) is 12.4 Å². The van der Waals surface area contributed by atoms with Gasteiger partial charge in [0.15, 0.2) is 0 Å². The Labute approximate surface area is 75.4 Å². The Morgan fingerprint density at radius 2 is 2.31 bits per heavy atom. The maximum absolute atomic E-state index is 11.3. The van der Waals surface area contributed by atoms with E-state index in [1.54, 1.807) is 6.92 Å². The van der Waals surface area contributed by atoms with Crippen LogP contribution in [0.5, 0.6) is 5.88 Å². The number of hydrogen-bond donors (Lipinski definition) is 2. The van der Waals surface area contributed by atoms with Gasteiger partial charge in [0.05, 0.1) is 5.56 Å². The Bertz CT molecular complexity index is 346. The molecule has 1 aromatic rings. The molecule has 0 bridgehead atoms. The summed E-state index contributed by atoms with van der Waals surface area (Å²) in [5.74, 6) is 0.125. The summed E-state index contributed by atoms with van der Waals surface area (Å²) in [6.07, 6.45) is 0.460. The molecule has 5 nitrogen and oxygen atoms in total. The third-order valence-corrected chi connectivity index (χ3v) is 1.68. The van der Waals surface area contributed by atoms with Gasteiger partial charge in [-0.15, -0.1) is 0 Å². The van der Waals surface area contributed by atoms with Crippen LogP contribution in [0, 0.1) is 0 Å². The Balaban J connectivity index is 3.13. The number of hydrogen-bond acceptors (Lipinski definition) is 4. The maximum Gasteiger partial charge on any atom is 0.257 e. The first kappa shape index (κ1) is 9.73. The van der Waals surface area contributed by atoms with Crippen molar-refractivity contribution in [1.29, 1.82) is 0 Å². The van der Waals surface area contributed by atoms with Crippen molar-refractivity contribution in [2.24, 2.45) is 0 Å². The molecule has 0 fully saturated rings. The van der Waals surface area contributed by atoms with Gasteiger partial charge >= 0.3 is 0 Å². The second kappa shape index (κ2) is 4.04. The molecule has 13 heavy (non-hydrogen) atoms. The number of aromatic amines is 1. The number of nitrogens with one attached hydrogen (secondary N) is 1. The zero-order valence-corrected chi connectivity index (χ0v) is 7.63. The third-order valence-electron chi connectivity index (χ3n) is 1.68. The van der Waals surface area contributed by atoms with Gasteiger partial charge in [-0.25, -0.2) is 0 Å². The highest BCUT2D eigenvalue weighted by molar-refractivity contribution is 5.21. The van der Waals surface area contributed by atoms with Crippen molar-refractivity contribution in [3.05, 3.63) is 21.7 Å². The number of methoxy groups -OCH3 is 1. The zero-order chi connectivity index (χ0) is 9.84. The van der Waals surface area contributed by atoms with E-state index >= 15 is 0 Å². The lowest BCUT2D eigenvalue weighted by Gasteiger charge is -2.02. The van der Waals surface area contributed by atoms with Crippen molar-refractivity contribution in [2.75, 3.05) is 7.11 Å². The van der Waals surface area contributed by atoms with E-state index in [-0.39, 0.29) is 18.0 Å². The van der Waals surface area contributed by atoms with Gasteiger partial charge in [-0.2, -0.15) is 4.98 Å². The van der Waals surface area contributed by atoms with Gasteiger partial charge in [-0.05, 0) is 6.42 Å². The minimum atomic E-state index is -0.304. The molecular formula is C8H12N2O3. The summed E-state index contributed by atoms with van der Waals surface area (Å²) < 4.78 is 4.77. The smallest absolute Gasteiger partial charge is 0.257 e. The summed E-state index contributed by atoms with van der Waals surface area (Å²) in [5.41, 5.74) is 0.00176. The fourth-order valence-corrected chi connectivity index (χ4v) is 1.06. The summed E-state index contributed by atoms with van der Waals surface area (Å²) in [4.78, 5) is 17.5. The van der Waals surface area contributed by atoms with Crippen LogP contribution >= 0.6 is 0 Å². The first-order valence-electron chi connectivity index (χ1n) is 3.99. The molecule has 0 spiro atoms. The van der Waals surface area contributed by atoms with Gasteiger partial charge in [0.2, 0.25) is 5.88 Å². The first-order chi connectivity index (χ1) is 6.19. The van der Waals surface area contributed by atoms with E-state index in [0.29, 0.717) is 17.8 Å². The summed E-state index contributed by atoms with van der Waals surface area (Å²) >= 11 is 0. The lowest BCUT2D eigenvalue weighted by molar-refractivity contribution is 0.176. The van der Waals surface area contributed by atoms with Crippen LogP contribution < -0.4 is 5.56 Å². The molecule has 72 valence electrons. The Hall–Kier alpha value is -1.36. The van der Waals surface area contributed by atoms with Crippen LogP contribution in [0.2, 0.25) is 0 Å². The number of H-pyrrole nitrogens is 1. The summed E-state index contributed by atoms with van der Waals surface area (Å²) in [6, 6.07) is 0. The molecule has 0 saturated heterocycles. The molecule has 1 aromatic heterocycles. The minimum absolute atomic E-state index is 0.187. The molecule has 0 radical (unpaired) electrons. The SMILES string of the molecule is CCc1c(O)nc(COC)[nH]c1=O. The van der Waals surface area contributed by atoms with Crippen LogP contribution in [0.25, 0.3) is 0 Å². The highest BCUT2D eigenvalue weighted by atomic mass is 16.5. The fraction of sp³-hybridized carbons (Fsp3) is 0.500. The van der Waals surface area contributed by atoms with Gasteiger partial charge in [0.25, 0.3) is 5.56 Å². The van der Waals surface area contributed by atoms with Gasteiger partial charge < -0.3 is 14.8 Å². The number of nitrogens with zero attached hydrogens (tertiary/aromatic N) is 1. The molecule has 0 aliphatic heterocycles. The highest BCUT2D eigenvalue weighted by Crippen LogP contribution is 2.08. The Morgan fingerprint density at radius 1 is 1.62 bits per heavy atom. The van der Waals surface area contributed by atoms with Crippen LogP contribution in [-0.4, -0.2) is 22.2 Å². The molecular weight excluding hydrogens is 172 g/mol. The molecule has 0 unspecified atom stereocenters. The average molecular weight is 184 g/mol. The first-order valence-corrected chi connectivity index (χ1v) is 3.99. The lowest BCUT2D eigenvalue weighted by Crippen LogP contribution is -2.16. The second-order valence-corrected chi connectivity index (χ2v) is 2.60. The van der Waals surface area contributed by atoms with Gasteiger partial charge in [-0.3, -0.25) is 4.79 Å². The van der Waals surface area contributed by atoms with Crippen LogP contribution in [0.3, 0.4) is 0 Å². The summed E-state index contributed by atoms with van der Waals surface area (Å²) in [6.45, 7) is 1.97. The quantitative estimate of drug-likeness (QED) is 0.702. The normalized spacial score (nSPS) is 10.3. The van der Waals surface area contributed by atoms with E-state index in [0.717, 1.165) is 0 Å². The maximum atomic E-state index is 11.3. The van der Waals surface area contributed by atoms with Crippen molar-refractivity contribution < 1.29 is 9.84 Å². The monoisotopic (exact) mass is 184 g/mol. The van der Waals surface area contributed by atoms with Gasteiger partial charge in [0, 0.05) is 7.11 Å². The minimum Gasteiger partial charge on any atom is -0.493 e. The number of aromatic nitrogens is 2. The van der Waals surface area contributed by atoms with Gasteiger partial charge in [-0.1, -0.05) is 6.92 Å². The Kier molecular flexibility index (Phi) is 3.02. The number of ether oxygens (including phenoxy) is 1. The van der Waals surface area contributed by atoms with Crippen molar-refractivity contribution in [3.8, 4) is 5.88 Å². The molecule has 0 atom stereocenters. The average Bonchev–Trinajstić information content (AvgIpc) is 2.04. The molecule has 1 heterocycles. The van der Waals surface area contributed by atoms with E-state index in [2.05, 4.69) is 9.97 Å². The lowest BCUT2D eigenvalue weighted by atomic mass is 10.2. The van der Waals surface area contributed by atoms with Crippen LogP contribution in [0.15, 0.2) is 4.79 Å². The van der Waals surface area contributed by atoms with Crippen molar-refractivity contribution >= 4 is 0 Å². The third kappa shape index (κ3) is 2.06. The molecule has 5 heteroatoms. The van der Waals surface area contributed by atoms with Crippen molar-refractivity contribution in [1.82, 2.24) is 9.97 Å². The predicted octanol–water partition coefficient (Wildman–Crippen LogP) is 0.184. The molecule has 0 aliphatic carbocycles. The Morgan fingerprint density at radius 3 is 2.77 bits per heavy atom. The van der Waals surface area contributed by atoms with E-state index in [1.807, 2.05) is 0 Å². The zero-order valence-electron chi connectivity index (χ0n) is 7.63. The van der Waals surface area contributed by atoms with E-state index < -0.39 is 0 Å². The number of rotatable bonds is 3. The highest BCUT2D eigenvalue weighted by Gasteiger charge is 2.07. The van der Waals surface area contributed by atoms with Crippen molar-refractivity contribution in [3.63, 3.8) is 0 Å². The molecule has 1 rings (SSSR count). The van der Waals surface area contributed by atoms with E-state index in [1.165, 1.54) is 7.11 Å². The van der Waals surface area contributed by atoms with Crippen LogP contribution in [0.1, 0.15) is 18.3 Å². The summed E-state index contributed by atoms with van der Waals surface area (Å²) in [7, 11) is 1.49. The molecule has 0 aliphatic rings. The van der Waals surface area contributed by atoms with Crippen molar-refractivity contribution in [2.45, 2.75) is 20.0 Å². The fourth-order valence-electron chi connectivity index (χ4n) is 1.06. The number of aromatic hydroxyl groups is 1. The molecule has 0 amide bonds. The molecule has 0 aromatic carbocycles. The predicted molar refractivity (Wildman–Crippen MR) is 46.6 cm³/mol. The second-order valence-electron chi connectivity index (χ2n) is 2.60. The molecule has 2 N–H and O–H groups in total. The molecule has 0 saturated carbocycles.